The molecule has 2 aromatic carbocycles. The summed E-state index contributed by atoms with van der Waals surface area (Å²) in [6.45, 7) is 5.08. The molecule has 2 nitrogen and oxygen atoms in total. The van der Waals surface area contributed by atoms with Gasteiger partial charge in [0.1, 0.15) is 0 Å². The lowest BCUT2D eigenvalue weighted by atomic mass is 10.1. The van der Waals surface area contributed by atoms with Gasteiger partial charge in [0.25, 0.3) is 0 Å². The fourth-order valence-corrected chi connectivity index (χ4v) is 2.03. The van der Waals surface area contributed by atoms with Crippen LogP contribution in [-0.4, -0.2) is 0 Å². The molecule has 0 saturated carbocycles. The Labute approximate surface area is 114 Å². The molecule has 0 heterocycles. The number of hydrogen-bond acceptors (Lipinski definition) is 2. The van der Waals surface area contributed by atoms with Crippen LogP contribution in [-0.2, 0) is 6.54 Å². The quantitative estimate of drug-likeness (QED) is 0.897. The molecular weight excluding hydrogens is 232 g/mol. The van der Waals surface area contributed by atoms with Crippen LogP contribution >= 0.6 is 0 Å². The summed E-state index contributed by atoms with van der Waals surface area (Å²) in [7, 11) is 0. The van der Waals surface area contributed by atoms with Gasteiger partial charge < -0.3 is 5.32 Å². The maximum atomic E-state index is 8.76. The van der Waals surface area contributed by atoms with Crippen molar-refractivity contribution < 1.29 is 0 Å². The average Bonchev–Trinajstić information content (AvgIpc) is 2.45. The van der Waals surface area contributed by atoms with E-state index in [2.05, 4.69) is 49.5 Å². The predicted molar refractivity (Wildman–Crippen MR) is 77.6 cm³/mol. The molecule has 0 radical (unpaired) electrons. The van der Waals surface area contributed by atoms with Gasteiger partial charge in [-0.1, -0.05) is 42.0 Å². The first kappa shape index (κ1) is 13.3. The molecule has 0 spiro atoms. The van der Waals surface area contributed by atoms with Crippen LogP contribution in [0.25, 0.3) is 0 Å². The number of rotatable bonds is 4. The normalized spacial score (nSPS) is 11.8. The van der Waals surface area contributed by atoms with Crippen molar-refractivity contribution in [3.8, 4) is 6.07 Å². The molecular formula is C17H18N2. The van der Waals surface area contributed by atoms with E-state index in [-0.39, 0.29) is 0 Å². The third kappa shape index (κ3) is 3.67. The van der Waals surface area contributed by atoms with Crippen LogP contribution in [0.3, 0.4) is 0 Å². The van der Waals surface area contributed by atoms with E-state index in [9.17, 15) is 0 Å². The van der Waals surface area contributed by atoms with E-state index in [0.29, 0.717) is 11.6 Å². The van der Waals surface area contributed by atoms with E-state index in [4.69, 9.17) is 5.26 Å². The second-order valence-corrected chi connectivity index (χ2v) is 4.83. The molecule has 1 atom stereocenters. The second-order valence-electron chi connectivity index (χ2n) is 4.83. The van der Waals surface area contributed by atoms with Gasteiger partial charge >= 0.3 is 0 Å². The highest BCUT2D eigenvalue weighted by molar-refractivity contribution is 5.31. The Morgan fingerprint density at radius 1 is 1.16 bits per heavy atom. The lowest BCUT2D eigenvalue weighted by Crippen LogP contribution is -2.18. The Kier molecular flexibility index (Phi) is 4.33. The number of hydrogen-bond donors (Lipinski definition) is 1. The highest BCUT2D eigenvalue weighted by Crippen LogP contribution is 2.14. The van der Waals surface area contributed by atoms with Crippen LogP contribution in [0.2, 0.25) is 0 Å². The van der Waals surface area contributed by atoms with E-state index in [1.54, 1.807) is 0 Å². The van der Waals surface area contributed by atoms with Gasteiger partial charge in [-0.3, -0.25) is 0 Å². The first-order valence-electron chi connectivity index (χ1n) is 6.48. The number of nitriles is 1. The highest BCUT2D eigenvalue weighted by Gasteiger charge is 2.04. The molecule has 2 aromatic rings. The summed E-state index contributed by atoms with van der Waals surface area (Å²) >= 11 is 0. The Hall–Kier alpha value is -2.11. The van der Waals surface area contributed by atoms with Crippen LogP contribution in [0.4, 0.5) is 0 Å². The van der Waals surface area contributed by atoms with E-state index in [1.807, 2.05) is 24.3 Å². The molecule has 96 valence electrons. The van der Waals surface area contributed by atoms with Crippen LogP contribution < -0.4 is 5.32 Å². The molecule has 0 aliphatic carbocycles. The van der Waals surface area contributed by atoms with E-state index < -0.39 is 0 Å². The number of nitrogens with one attached hydrogen (secondary N) is 1. The standard InChI is InChI=1S/C17H18N2/c1-13-4-3-5-17(10-13)14(2)19-12-16-8-6-15(11-18)7-9-16/h3-10,14,19H,12H2,1-2H3/t14-/m0/s1. The Bertz CT molecular complexity index is 579. The summed E-state index contributed by atoms with van der Waals surface area (Å²) in [4.78, 5) is 0. The SMILES string of the molecule is Cc1cccc([C@H](C)NCc2ccc(C#N)cc2)c1. The number of nitrogens with zero attached hydrogens (tertiary/aromatic N) is 1. The molecule has 0 bridgehead atoms. The van der Waals surface area contributed by atoms with Crippen molar-refractivity contribution >= 4 is 0 Å². The molecule has 0 fully saturated rings. The molecule has 0 amide bonds. The molecule has 2 heteroatoms. The minimum atomic E-state index is 0.315. The summed E-state index contributed by atoms with van der Waals surface area (Å²) in [5, 5.41) is 12.3. The van der Waals surface area contributed by atoms with Gasteiger partial charge in [-0.05, 0) is 37.1 Å². The van der Waals surface area contributed by atoms with Gasteiger partial charge in [-0.25, -0.2) is 0 Å². The first-order chi connectivity index (χ1) is 9.19. The highest BCUT2D eigenvalue weighted by atomic mass is 14.9. The van der Waals surface area contributed by atoms with Gasteiger partial charge in [-0.2, -0.15) is 5.26 Å². The Morgan fingerprint density at radius 2 is 1.89 bits per heavy atom. The monoisotopic (exact) mass is 250 g/mol. The largest absolute Gasteiger partial charge is 0.306 e. The second kappa shape index (κ2) is 6.17. The number of aryl methyl sites for hydroxylation is 1. The van der Waals surface area contributed by atoms with Crippen molar-refractivity contribution in [1.82, 2.24) is 5.32 Å². The minimum absolute atomic E-state index is 0.315. The Balaban J connectivity index is 1.96. The third-order valence-corrected chi connectivity index (χ3v) is 3.24. The minimum Gasteiger partial charge on any atom is -0.306 e. The number of benzene rings is 2. The topological polar surface area (TPSA) is 35.8 Å². The molecule has 0 unspecified atom stereocenters. The molecule has 0 aliphatic heterocycles. The fourth-order valence-electron chi connectivity index (χ4n) is 2.03. The summed E-state index contributed by atoms with van der Waals surface area (Å²) in [5.41, 5.74) is 4.48. The summed E-state index contributed by atoms with van der Waals surface area (Å²) < 4.78 is 0. The zero-order valence-electron chi connectivity index (χ0n) is 11.4. The van der Waals surface area contributed by atoms with Crippen molar-refractivity contribution in [3.05, 3.63) is 70.8 Å². The lowest BCUT2D eigenvalue weighted by molar-refractivity contribution is 0.574. The van der Waals surface area contributed by atoms with Gasteiger partial charge in [0.05, 0.1) is 11.6 Å². The van der Waals surface area contributed by atoms with Crippen molar-refractivity contribution in [3.63, 3.8) is 0 Å². The van der Waals surface area contributed by atoms with Crippen molar-refractivity contribution in [2.24, 2.45) is 0 Å². The van der Waals surface area contributed by atoms with Crippen molar-refractivity contribution in [2.75, 3.05) is 0 Å². The summed E-state index contributed by atoms with van der Waals surface area (Å²) in [6, 6.07) is 18.7. The van der Waals surface area contributed by atoms with Crippen LogP contribution in [0, 0.1) is 18.3 Å². The van der Waals surface area contributed by atoms with Crippen LogP contribution in [0.5, 0.6) is 0 Å². The van der Waals surface area contributed by atoms with Crippen molar-refractivity contribution in [2.45, 2.75) is 26.4 Å². The van der Waals surface area contributed by atoms with E-state index >= 15 is 0 Å². The first-order valence-corrected chi connectivity index (χ1v) is 6.48. The molecule has 2 rings (SSSR count). The molecule has 0 saturated heterocycles. The zero-order valence-corrected chi connectivity index (χ0v) is 11.4. The maximum Gasteiger partial charge on any atom is 0.0991 e. The molecule has 0 aliphatic rings. The average molecular weight is 250 g/mol. The molecule has 19 heavy (non-hydrogen) atoms. The van der Waals surface area contributed by atoms with Crippen LogP contribution in [0.1, 0.15) is 35.2 Å². The third-order valence-electron chi connectivity index (χ3n) is 3.24. The summed E-state index contributed by atoms with van der Waals surface area (Å²) in [5.74, 6) is 0. The smallest absolute Gasteiger partial charge is 0.0991 e. The fraction of sp³-hybridized carbons (Fsp3) is 0.235. The predicted octanol–water partition coefficient (Wildman–Crippen LogP) is 3.72. The summed E-state index contributed by atoms with van der Waals surface area (Å²) in [6.07, 6.45) is 0. The van der Waals surface area contributed by atoms with Gasteiger partial charge in [0.2, 0.25) is 0 Å². The van der Waals surface area contributed by atoms with Gasteiger partial charge in [0.15, 0.2) is 0 Å². The van der Waals surface area contributed by atoms with Crippen LogP contribution in [0.15, 0.2) is 48.5 Å². The maximum absolute atomic E-state index is 8.76. The van der Waals surface area contributed by atoms with Crippen molar-refractivity contribution in [1.29, 1.82) is 5.26 Å². The zero-order chi connectivity index (χ0) is 13.7. The Morgan fingerprint density at radius 3 is 2.53 bits per heavy atom. The van der Waals surface area contributed by atoms with Gasteiger partial charge in [0, 0.05) is 12.6 Å². The van der Waals surface area contributed by atoms with Gasteiger partial charge in [-0.15, -0.1) is 0 Å². The van der Waals surface area contributed by atoms with E-state index in [0.717, 1.165) is 6.54 Å². The van der Waals surface area contributed by atoms with E-state index in [1.165, 1.54) is 16.7 Å². The lowest BCUT2D eigenvalue weighted by Gasteiger charge is -2.15. The molecule has 0 aromatic heterocycles. The molecule has 1 N–H and O–H groups in total.